The molecule has 6 aromatic heterocycles. The van der Waals surface area contributed by atoms with E-state index in [-0.39, 0.29) is 74.3 Å². The number of ether oxygens (including phenoxy) is 5. The number of carbonyl (C=O) groups is 3. The zero-order valence-electron chi connectivity index (χ0n) is 65.0. The zero-order valence-corrected chi connectivity index (χ0v) is 68.1. The van der Waals surface area contributed by atoms with Gasteiger partial charge < -0.3 is 44.5 Å². The van der Waals surface area contributed by atoms with Gasteiger partial charge >= 0.3 is 6.09 Å². The van der Waals surface area contributed by atoms with E-state index < -0.39 is 42.5 Å². The molecule has 113 heavy (non-hydrogen) atoms. The number of benzene rings is 2. The van der Waals surface area contributed by atoms with Crippen LogP contribution in [0.15, 0.2) is 144 Å². The minimum absolute atomic E-state index is 0.116. The van der Waals surface area contributed by atoms with Crippen LogP contribution in [0.1, 0.15) is 183 Å². The number of halogens is 2. The van der Waals surface area contributed by atoms with Crippen LogP contribution in [0.4, 0.5) is 16.4 Å². The molecule has 0 radical (unpaired) electrons. The first-order chi connectivity index (χ1) is 53.9. The molecule has 2 atom stereocenters. The van der Waals surface area contributed by atoms with Crippen molar-refractivity contribution in [3.05, 3.63) is 166 Å². The number of anilines is 2. The fourth-order valence-electron chi connectivity index (χ4n) is 18.2. The molecule has 8 aromatic rings. The number of hydrogen-bond donors (Lipinski definition) is 5. The van der Waals surface area contributed by atoms with Crippen molar-refractivity contribution in [2.75, 3.05) is 50.0 Å². The number of sulfonamides is 2. The maximum atomic E-state index is 13.7. The van der Waals surface area contributed by atoms with E-state index in [1.165, 1.54) is 91.1 Å². The van der Waals surface area contributed by atoms with E-state index in [1.807, 2.05) is 95.3 Å². The van der Waals surface area contributed by atoms with Crippen LogP contribution in [-0.2, 0) is 38.0 Å². The van der Waals surface area contributed by atoms with Crippen molar-refractivity contribution in [1.82, 2.24) is 59.2 Å². The SMILES string of the molecule is CC(C)(C)OC(=O)N1C[C@@H](CCCNc2cc(OCc3ccccc3)cc(S(=O)(=O)NC(=O)c3ccc(-n4ccc(OCCC5C6(CC6)C56CC6)n4)nc3Cl)n2)CC1(C)C.CC1(C)C[C@H](CCCNc2cc(OCc3ccccc3)cc(S(=O)(=O)NC(=O)c3ccc(-n4ccc(OCCC5C6(CC6)C56CC6)n4)nc3Cl)n2)CN1. The topological polar surface area (TPSA) is 316 Å². The average Bonchev–Trinajstić information content (AvgIpc) is 1.45. The summed E-state index contributed by atoms with van der Waals surface area (Å²) in [5.74, 6) is 3.28. The van der Waals surface area contributed by atoms with Crippen LogP contribution < -0.4 is 44.3 Å². The number of likely N-dealkylation sites (tertiary alicyclic amines) is 1. The number of carbonyl (C=O) groups excluding carboxylic acids is 3. The Hall–Kier alpha value is -9.09. The standard InChI is InChI=1S/C44H54ClN7O7S.C39H46ClN7O5S/c1-41(2,3)59-40(54)51-27-30(26-42(51,4)5)12-9-21-46-34-24-31(58-28-29-10-7-6-8-11-29)25-37(47-34)60(55,56)50-39(53)32-13-14-35(48-38(32)45)52-22-15-36(49-52)57-23-16-33-43(17-18-43)44(33)19-20-44;1-37(2)23-27(24-42-37)9-6-18-41-31-21-28(52-25-26-7-4-3-5-8-26)22-34(43-31)53(49,50)46-36(48)29-10-11-32(44-35(29)40)47-19-12-33(45-47)51-20-13-30-38(14-15-38)39(30)16-17-39/h6-8,10-11,13-15,22,24-25,30,33H,9,12,16-21,23,26-28H2,1-5H3,(H,46,47)(H,50,53);3-5,7-8,10-12,19,21-22,27,30,42H,6,9,13-18,20,23-25H2,1-2H3,(H,41,43)(H,46,48)/t30-;27-/m00/s1. The second-order valence-electron chi connectivity index (χ2n) is 34.1. The Labute approximate surface area is 670 Å². The summed E-state index contributed by atoms with van der Waals surface area (Å²) in [4.78, 5) is 58.8. The van der Waals surface area contributed by atoms with Crippen LogP contribution in [-0.4, -0.2) is 135 Å². The summed E-state index contributed by atoms with van der Waals surface area (Å²) in [6.07, 6.45) is 21.6. The number of nitrogens with zero attached hydrogens (tertiary/aromatic N) is 9. The van der Waals surface area contributed by atoms with E-state index >= 15 is 0 Å². The smallest absolute Gasteiger partial charge is 0.410 e. The minimum atomic E-state index is -4.51. The van der Waals surface area contributed by atoms with Crippen molar-refractivity contribution in [3.63, 3.8) is 0 Å². The molecule has 8 heterocycles. The molecule has 6 aliphatic carbocycles. The fourth-order valence-corrected chi connectivity index (χ4v) is 20.6. The van der Waals surface area contributed by atoms with Crippen LogP contribution in [0.5, 0.6) is 23.3 Å². The molecule has 26 nitrogen and oxygen atoms in total. The van der Waals surface area contributed by atoms with Crippen LogP contribution in [0.3, 0.4) is 0 Å². The number of nitrogens with one attached hydrogen (secondary N) is 5. The van der Waals surface area contributed by atoms with E-state index in [1.54, 1.807) is 47.6 Å². The number of fused-ring (bicyclic) bond motifs is 2. The van der Waals surface area contributed by atoms with Crippen molar-refractivity contribution >= 4 is 72.8 Å². The summed E-state index contributed by atoms with van der Waals surface area (Å²) in [5.41, 5.74) is 3.32. The quantitative estimate of drug-likeness (QED) is 0.0193. The van der Waals surface area contributed by atoms with Crippen LogP contribution in [0, 0.1) is 45.3 Å². The Kier molecular flexibility index (Phi) is 21.9. The van der Waals surface area contributed by atoms with Gasteiger partial charge in [0.25, 0.3) is 31.9 Å². The predicted molar refractivity (Wildman–Crippen MR) is 427 cm³/mol. The molecular formula is C83H100Cl2N14O12S2. The maximum Gasteiger partial charge on any atom is 0.410 e. The molecule has 0 unspecified atom stereocenters. The van der Waals surface area contributed by atoms with E-state index in [4.69, 9.17) is 46.9 Å². The summed E-state index contributed by atoms with van der Waals surface area (Å²) in [7, 11) is -8.96. The van der Waals surface area contributed by atoms with Crippen LogP contribution in [0.25, 0.3) is 11.6 Å². The largest absolute Gasteiger partial charge is 0.489 e. The number of hydrogen-bond acceptors (Lipinski definition) is 21. The monoisotopic (exact) mass is 1620 g/mol. The van der Waals surface area contributed by atoms with Gasteiger partial charge in [-0.05, 0) is 238 Å². The lowest BCUT2D eigenvalue weighted by Gasteiger charge is -2.33. The normalized spacial score (nSPS) is 19.9. The van der Waals surface area contributed by atoms with E-state index in [9.17, 15) is 31.2 Å². The molecule has 4 spiro atoms. The Balaban J connectivity index is 0.000000180. The molecule has 6 saturated carbocycles. The predicted octanol–water partition coefficient (Wildman–Crippen LogP) is 14.8. The van der Waals surface area contributed by atoms with Crippen LogP contribution in [0.2, 0.25) is 10.3 Å². The summed E-state index contributed by atoms with van der Waals surface area (Å²) >= 11 is 12.9. The third-order valence-corrected chi connectivity index (χ3v) is 27.2. The first-order valence-electron chi connectivity index (χ1n) is 39.4. The van der Waals surface area contributed by atoms with Gasteiger partial charge in [-0.1, -0.05) is 83.9 Å². The summed E-state index contributed by atoms with van der Waals surface area (Å²) in [6.45, 7) is 18.4. The highest BCUT2D eigenvalue weighted by molar-refractivity contribution is 7.90. The zero-order chi connectivity index (χ0) is 79.4. The van der Waals surface area contributed by atoms with Crippen molar-refractivity contribution in [2.24, 2.45) is 45.3 Å². The van der Waals surface area contributed by atoms with Gasteiger partial charge in [0.05, 0.1) is 24.3 Å². The Bertz CT molecular complexity index is 5050. The second kappa shape index (κ2) is 31.3. The van der Waals surface area contributed by atoms with Gasteiger partial charge in [0, 0.05) is 79.5 Å². The molecule has 8 fully saturated rings. The molecule has 2 aliphatic heterocycles. The molecule has 16 rings (SSSR count). The van der Waals surface area contributed by atoms with E-state index in [0.717, 1.165) is 80.9 Å². The van der Waals surface area contributed by atoms with Crippen molar-refractivity contribution in [2.45, 2.75) is 191 Å². The van der Waals surface area contributed by atoms with Gasteiger partial charge in [-0.2, -0.15) is 16.8 Å². The van der Waals surface area contributed by atoms with Gasteiger partial charge in [0.1, 0.15) is 52.3 Å². The van der Waals surface area contributed by atoms with Crippen LogP contribution >= 0.6 is 23.2 Å². The first-order valence-corrected chi connectivity index (χ1v) is 43.1. The van der Waals surface area contributed by atoms with E-state index in [0.29, 0.717) is 95.4 Å². The van der Waals surface area contributed by atoms with Crippen molar-refractivity contribution < 1.29 is 54.9 Å². The molecule has 5 N–H and O–H groups in total. The van der Waals surface area contributed by atoms with Gasteiger partial charge in [0.2, 0.25) is 11.8 Å². The highest BCUT2D eigenvalue weighted by Gasteiger charge is 2.86. The van der Waals surface area contributed by atoms with Crippen molar-refractivity contribution in [3.8, 4) is 34.9 Å². The van der Waals surface area contributed by atoms with E-state index in [2.05, 4.69) is 69.4 Å². The van der Waals surface area contributed by atoms with Gasteiger partial charge in [-0.3, -0.25) is 9.59 Å². The lowest BCUT2D eigenvalue weighted by molar-refractivity contribution is 0.0130. The Morgan fingerprint density at radius 1 is 0.540 bits per heavy atom. The van der Waals surface area contributed by atoms with Gasteiger partial charge in [-0.25, -0.2) is 43.5 Å². The average molecular weight is 1620 g/mol. The van der Waals surface area contributed by atoms with Gasteiger partial charge in [0.15, 0.2) is 21.7 Å². The third-order valence-electron chi connectivity index (χ3n) is 24.2. The molecule has 600 valence electrons. The molecular weight excluding hydrogens is 1520 g/mol. The molecule has 3 amide bonds. The first kappa shape index (κ1) is 79.2. The highest BCUT2D eigenvalue weighted by atomic mass is 35.5. The third kappa shape index (κ3) is 17.9. The fraction of sp³-hybridized carbons (Fsp3) is 0.506. The number of aromatic nitrogens is 8. The molecule has 30 heteroatoms. The Morgan fingerprint density at radius 3 is 1.37 bits per heavy atom. The van der Waals surface area contributed by atoms with Crippen molar-refractivity contribution in [1.29, 1.82) is 0 Å². The lowest BCUT2D eigenvalue weighted by atomic mass is 9.93. The second-order valence-corrected chi connectivity index (χ2v) is 38.1. The number of rotatable bonds is 32. The molecule has 8 aliphatic rings. The highest BCUT2D eigenvalue weighted by Crippen LogP contribution is 2.94. The molecule has 2 aromatic carbocycles. The molecule has 2 saturated heterocycles. The minimum Gasteiger partial charge on any atom is -0.489 e. The van der Waals surface area contributed by atoms with Gasteiger partial charge in [-0.15, -0.1) is 10.2 Å². The lowest BCUT2D eigenvalue weighted by Crippen LogP contribution is -2.45. The Morgan fingerprint density at radius 2 is 0.973 bits per heavy atom. The number of pyridine rings is 4. The summed E-state index contributed by atoms with van der Waals surface area (Å²) in [5, 5.41) is 17.8. The summed E-state index contributed by atoms with van der Waals surface area (Å²) in [6, 6.07) is 34.3. The number of amides is 3. The summed E-state index contributed by atoms with van der Waals surface area (Å²) < 4.78 is 91.4. The maximum absolute atomic E-state index is 13.7. The molecule has 0 bridgehead atoms.